The van der Waals surface area contributed by atoms with Crippen LogP contribution in [0.5, 0.6) is 5.75 Å². The molecule has 1 aromatic heterocycles. The summed E-state index contributed by atoms with van der Waals surface area (Å²) in [4.78, 5) is 23.4. The highest BCUT2D eigenvalue weighted by molar-refractivity contribution is 5.79. The maximum Gasteiger partial charge on any atom is 0.341 e. The minimum Gasteiger partial charge on any atom is -0.482 e. The van der Waals surface area contributed by atoms with Crippen LogP contribution in [0.1, 0.15) is 17.7 Å². The van der Waals surface area contributed by atoms with Gasteiger partial charge in [-0.25, -0.2) is 14.8 Å². The van der Waals surface area contributed by atoms with Crippen LogP contribution in [0.3, 0.4) is 0 Å². The van der Waals surface area contributed by atoms with Gasteiger partial charge < -0.3 is 14.7 Å². The third-order valence-corrected chi connectivity index (χ3v) is 5.82. The zero-order valence-corrected chi connectivity index (χ0v) is 18.7. The van der Waals surface area contributed by atoms with Crippen LogP contribution in [0.15, 0.2) is 84.9 Å². The fourth-order valence-corrected chi connectivity index (χ4v) is 4.27. The van der Waals surface area contributed by atoms with Crippen LogP contribution in [0.25, 0.3) is 22.5 Å². The quantitative estimate of drug-likeness (QED) is 0.415. The normalized spacial score (nSPS) is 12.8. The molecule has 3 aromatic carbocycles. The first-order valence-electron chi connectivity index (χ1n) is 11.4. The third kappa shape index (κ3) is 4.76. The van der Waals surface area contributed by atoms with E-state index in [1.54, 1.807) is 6.07 Å². The summed E-state index contributed by atoms with van der Waals surface area (Å²) in [7, 11) is 0. The second-order valence-corrected chi connectivity index (χ2v) is 8.28. The Kier molecular flexibility index (Phi) is 6.21. The topological polar surface area (TPSA) is 75.6 Å². The lowest BCUT2D eigenvalue weighted by Gasteiger charge is -2.30. The predicted molar refractivity (Wildman–Crippen MR) is 132 cm³/mol. The molecule has 0 aliphatic carbocycles. The van der Waals surface area contributed by atoms with Crippen molar-refractivity contribution in [2.75, 3.05) is 18.1 Å². The number of aliphatic carboxylic acids is 1. The molecule has 6 nitrogen and oxygen atoms in total. The lowest BCUT2D eigenvalue weighted by molar-refractivity contribution is -0.139. The Morgan fingerprint density at radius 1 is 0.882 bits per heavy atom. The molecular formula is C28H25N3O3. The molecule has 0 unspecified atom stereocenters. The van der Waals surface area contributed by atoms with E-state index in [0.29, 0.717) is 12.3 Å². The smallest absolute Gasteiger partial charge is 0.341 e. The lowest BCUT2D eigenvalue weighted by Crippen LogP contribution is -2.30. The van der Waals surface area contributed by atoms with Crippen LogP contribution >= 0.6 is 0 Å². The van der Waals surface area contributed by atoms with Gasteiger partial charge in [-0.15, -0.1) is 0 Å². The number of anilines is 1. The van der Waals surface area contributed by atoms with E-state index in [9.17, 15) is 4.79 Å². The van der Waals surface area contributed by atoms with Gasteiger partial charge in [0.05, 0.1) is 17.1 Å². The number of carboxylic acids is 1. The summed E-state index contributed by atoms with van der Waals surface area (Å²) in [5.74, 6) is 0.461. The first-order valence-corrected chi connectivity index (χ1v) is 11.4. The van der Waals surface area contributed by atoms with Crippen LogP contribution in [0.2, 0.25) is 0 Å². The zero-order valence-electron chi connectivity index (χ0n) is 18.7. The Labute approximate surface area is 198 Å². The van der Waals surface area contributed by atoms with E-state index in [-0.39, 0.29) is 6.61 Å². The molecule has 4 aromatic rings. The maximum atomic E-state index is 10.8. The fourth-order valence-electron chi connectivity index (χ4n) is 4.27. The highest BCUT2D eigenvalue weighted by Crippen LogP contribution is 2.35. The number of hydrogen-bond donors (Lipinski definition) is 1. The van der Waals surface area contributed by atoms with Crippen molar-refractivity contribution >= 4 is 11.8 Å². The summed E-state index contributed by atoms with van der Waals surface area (Å²) in [5, 5.41) is 8.89. The summed E-state index contributed by atoms with van der Waals surface area (Å²) in [6, 6.07) is 28.0. The summed E-state index contributed by atoms with van der Waals surface area (Å²) >= 11 is 0. The van der Waals surface area contributed by atoms with E-state index in [4.69, 9.17) is 19.8 Å². The van der Waals surface area contributed by atoms with E-state index in [1.165, 1.54) is 0 Å². The highest BCUT2D eigenvalue weighted by Gasteiger charge is 2.24. The molecular weight excluding hydrogens is 426 g/mol. The molecule has 170 valence electrons. The SMILES string of the molecule is O=C(O)COc1cccc(CN2CCCc3nc(-c4ccccc4)c(-c4ccccc4)nc32)c1. The number of hydrogen-bond acceptors (Lipinski definition) is 5. The van der Waals surface area contributed by atoms with Crippen LogP contribution in [0, 0.1) is 0 Å². The van der Waals surface area contributed by atoms with Crippen molar-refractivity contribution in [3.63, 3.8) is 0 Å². The molecule has 0 saturated carbocycles. The summed E-state index contributed by atoms with van der Waals surface area (Å²) < 4.78 is 5.36. The Balaban J connectivity index is 1.52. The van der Waals surface area contributed by atoms with Crippen molar-refractivity contribution in [2.45, 2.75) is 19.4 Å². The molecule has 0 bridgehead atoms. The third-order valence-electron chi connectivity index (χ3n) is 5.82. The van der Waals surface area contributed by atoms with E-state index in [2.05, 4.69) is 29.2 Å². The Bertz CT molecular complexity index is 1290. The average Bonchev–Trinajstić information content (AvgIpc) is 2.88. The van der Waals surface area contributed by atoms with Crippen LogP contribution in [-0.4, -0.2) is 34.2 Å². The first-order chi connectivity index (χ1) is 16.7. The number of benzene rings is 3. The number of carboxylic acid groups (broad SMARTS) is 1. The molecule has 0 amide bonds. The lowest BCUT2D eigenvalue weighted by atomic mass is 10.0. The van der Waals surface area contributed by atoms with Crippen molar-refractivity contribution in [2.24, 2.45) is 0 Å². The highest BCUT2D eigenvalue weighted by atomic mass is 16.5. The predicted octanol–water partition coefficient (Wildman–Crippen LogP) is 5.23. The molecule has 0 atom stereocenters. The second-order valence-electron chi connectivity index (χ2n) is 8.28. The number of aromatic nitrogens is 2. The first kappa shape index (κ1) is 21.6. The van der Waals surface area contributed by atoms with Gasteiger partial charge in [0.25, 0.3) is 0 Å². The van der Waals surface area contributed by atoms with Crippen molar-refractivity contribution in [3.05, 3.63) is 96.2 Å². The van der Waals surface area contributed by atoms with Crippen molar-refractivity contribution < 1.29 is 14.6 Å². The van der Waals surface area contributed by atoms with Crippen LogP contribution in [-0.2, 0) is 17.8 Å². The van der Waals surface area contributed by atoms with Gasteiger partial charge in [-0.05, 0) is 30.5 Å². The number of rotatable bonds is 7. The molecule has 5 rings (SSSR count). The molecule has 6 heteroatoms. The second kappa shape index (κ2) is 9.75. The minimum atomic E-state index is -0.992. The molecule has 0 spiro atoms. The van der Waals surface area contributed by atoms with Gasteiger partial charge >= 0.3 is 5.97 Å². The molecule has 0 radical (unpaired) electrons. The van der Waals surface area contributed by atoms with Crippen LogP contribution < -0.4 is 9.64 Å². The van der Waals surface area contributed by atoms with E-state index in [0.717, 1.165) is 59.0 Å². The zero-order chi connectivity index (χ0) is 23.3. The Morgan fingerprint density at radius 2 is 1.56 bits per heavy atom. The van der Waals surface area contributed by atoms with Crippen LogP contribution in [0.4, 0.5) is 5.82 Å². The van der Waals surface area contributed by atoms with E-state index in [1.807, 2.05) is 54.6 Å². The number of aryl methyl sites for hydroxylation is 1. The van der Waals surface area contributed by atoms with E-state index < -0.39 is 5.97 Å². The van der Waals surface area contributed by atoms with Gasteiger partial charge in [0.1, 0.15) is 5.75 Å². The molecule has 1 N–H and O–H groups in total. The molecule has 0 saturated heterocycles. The van der Waals surface area contributed by atoms with Gasteiger partial charge in [-0.1, -0.05) is 72.8 Å². The van der Waals surface area contributed by atoms with Gasteiger partial charge in [0.2, 0.25) is 0 Å². The Morgan fingerprint density at radius 3 is 2.24 bits per heavy atom. The average molecular weight is 452 g/mol. The number of fused-ring (bicyclic) bond motifs is 1. The monoisotopic (exact) mass is 451 g/mol. The standard InChI is InChI=1S/C28H25N3O3/c32-25(33)19-34-23-14-7-9-20(17-23)18-31-16-8-15-24-28(31)30-27(22-12-5-2-6-13-22)26(29-24)21-10-3-1-4-11-21/h1-7,9-14,17H,8,15-16,18-19H2,(H,32,33). The number of ether oxygens (including phenoxy) is 1. The van der Waals surface area contributed by atoms with Gasteiger partial charge in [0, 0.05) is 24.2 Å². The minimum absolute atomic E-state index is 0.357. The van der Waals surface area contributed by atoms with Gasteiger partial charge in [0.15, 0.2) is 12.4 Å². The maximum absolute atomic E-state index is 10.8. The molecule has 1 aliphatic rings. The summed E-state index contributed by atoms with van der Waals surface area (Å²) in [6.07, 6.45) is 1.88. The molecule has 1 aliphatic heterocycles. The van der Waals surface area contributed by atoms with Crippen molar-refractivity contribution in [3.8, 4) is 28.3 Å². The summed E-state index contributed by atoms with van der Waals surface area (Å²) in [6.45, 7) is 1.16. The van der Waals surface area contributed by atoms with Crippen molar-refractivity contribution in [1.82, 2.24) is 9.97 Å². The molecule has 0 fully saturated rings. The molecule has 2 heterocycles. The van der Waals surface area contributed by atoms with E-state index >= 15 is 0 Å². The summed E-state index contributed by atoms with van der Waals surface area (Å²) in [5.41, 5.74) is 5.89. The number of carbonyl (C=O) groups is 1. The van der Waals surface area contributed by atoms with Crippen molar-refractivity contribution in [1.29, 1.82) is 0 Å². The fraction of sp³-hybridized carbons (Fsp3) is 0.179. The Hall–Kier alpha value is -4.19. The van der Waals surface area contributed by atoms with Gasteiger partial charge in [-0.3, -0.25) is 0 Å². The molecule has 34 heavy (non-hydrogen) atoms. The number of nitrogens with zero attached hydrogens (tertiary/aromatic N) is 3. The van der Waals surface area contributed by atoms with Gasteiger partial charge in [-0.2, -0.15) is 0 Å². The largest absolute Gasteiger partial charge is 0.482 e.